The van der Waals surface area contributed by atoms with Crippen LogP contribution in [0.25, 0.3) is 0 Å². The summed E-state index contributed by atoms with van der Waals surface area (Å²) in [7, 11) is 0. The number of ketones is 1. The zero-order valence-electron chi connectivity index (χ0n) is 23.6. The van der Waals surface area contributed by atoms with Crippen LogP contribution in [0.2, 0.25) is 0 Å². The number of ether oxygens (including phenoxy) is 1. The number of fused-ring (bicyclic) bond motifs is 1. The van der Waals surface area contributed by atoms with Crippen molar-refractivity contribution in [3.63, 3.8) is 0 Å². The first-order chi connectivity index (χ1) is 21.2. The monoisotopic (exact) mass is 606 g/mol. The second-order valence-electron chi connectivity index (χ2n) is 10.1. The third-order valence-corrected chi connectivity index (χ3v) is 7.06. The number of urea groups is 1. The van der Waals surface area contributed by atoms with E-state index in [4.69, 9.17) is 15.4 Å². The number of hydrogen-bond donors (Lipinski definition) is 5. The number of hydrogen-bond acceptors (Lipinski definition) is 8. The fourth-order valence-electron chi connectivity index (χ4n) is 4.94. The van der Waals surface area contributed by atoms with Crippen LogP contribution in [0.4, 0.5) is 10.5 Å². The number of rotatable bonds is 11. The van der Waals surface area contributed by atoms with Gasteiger partial charge in [-0.05, 0) is 62.1 Å². The molecule has 2 heterocycles. The molecule has 44 heavy (non-hydrogen) atoms. The van der Waals surface area contributed by atoms with E-state index in [0.717, 1.165) is 5.01 Å². The van der Waals surface area contributed by atoms with Crippen LogP contribution in [-0.2, 0) is 24.0 Å². The van der Waals surface area contributed by atoms with Gasteiger partial charge in [0.05, 0.1) is 16.4 Å². The largest absolute Gasteiger partial charge is 0.481 e. The van der Waals surface area contributed by atoms with Gasteiger partial charge in [0.25, 0.3) is 11.7 Å². The number of anilines is 1. The Balaban J connectivity index is 1.44. The molecule has 4 rings (SSSR count). The van der Waals surface area contributed by atoms with Gasteiger partial charge in [-0.3, -0.25) is 29.0 Å². The molecule has 2 aromatic rings. The second-order valence-corrected chi connectivity index (χ2v) is 10.1. The van der Waals surface area contributed by atoms with Gasteiger partial charge in [-0.15, -0.1) is 0 Å². The predicted molar refractivity (Wildman–Crippen MR) is 153 cm³/mol. The Morgan fingerprint density at radius 3 is 2.43 bits per heavy atom. The van der Waals surface area contributed by atoms with Gasteiger partial charge in [0, 0.05) is 25.1 Å². The summed E-state index contributed by atoms with van der Waals surface area (Å²) < 4.78 is 5.74. The van der Waals surface area contributed by atoms with Crippen LogP contribution in [0.3, 0.4) is 0 Å². The molecule has 0 bridgehead atoms. The van der Waals surface area contributed by atoms with Crippen LogP contribution in [0.1, 0.15) is 38.5 Å². The molecule has 2 aliphatic heterocycles. The molecule has 2 fully saturated rings. The van der Waals surface area contributed by atoms with Crippen molar-refractivity contribution in [1.29, 1.82) is 5.53 Å². The molecule has 0 saturated carbocycles. The highest BCUT2D eigenvalue weighted by Gasteiger charge is 2.45. The Bertz CT molecular complexity index is 1460. The summed E-state index contributed by atoms with van der Waals surface area (Å²) in [5.41, 5.74) is 7.31. The van der Waals surface area contributed by atoms with Crippen LogP contribution in [-0.4, -0.2) is 86.3 Å². The molecule has 5 amide bonds. The topological polar surface area (TPSA) is 212 Å². The fourth-order valence-corrected chi connectivity index (χ4v) is 4.94. The van der Waals surface area contributed by atoms with Gasteiger partial charge >= 0.3 is 18.2 Å². The standard InChI is InChI=1S/C29H31N7O8/c30-31-17-24(37)21(13-15-26(39)40)33-27(41)23-7-4-16-35-25(38)14-12-22(28(42)36(23)35)34-29(43)32-18-8-10-20(11-9-18)44-19-5-2-1-3-6-19/h1-3,5-6,8-11,17,21-23,30H,4,7,12-16H2,(H3-,32,33,34,39,40,41,43)/p+1/t21-,22-,23-/m0/s1. The molecule has 0 unspecified atom stereocenters. The van der Waals surface area contributed by atoms with E-state index in [1.807, 2.05) is 18.2 Å². The lowest BCUT2D eigenvalue weighted by Crippen LogP contribution is -2.64. The van der Waals surface area contributed by atoms with Crippen molar-refractivity contribution in [3.05, 3.63) is 54.6 Å². The van der Waals surface area contributed by atoms with Gasteiger partial charge in [-0.2, -0.15) is 0 Å². The number of Topliss-reactive ketones (excluding diaryl/α,β-unsaturated/α-hetero) is 1. The number of nitrogens with zero attached hydrogens (tertiary/aromatic N) is 3. The maximum Gasteiger partial charge on any atom is 0.374 e. The highest BCUT2D eigenvalue weighted by molar-refractivity contribution is 6.28. The average molecular weight is 607 g/mol. The molecule has 5 N–H and O–H groups in total. The van der Waals surface area contributed by atoms with E-state index in [1.165, 1.54) is 5.01 Å². The molecule has 2 saturated heterocycles. The molecule has 230 valence electrons. The minimum Gasteiger partial charge on any atom is -0.481 e. The van der Waals surface area contributed by atoms with Crippen molar-refractivity contribution in [2.45, 2.75) is 56.7 Å². The summed E-state index contributed by atoms with van der Waals surface area (Å²) in [4.78, 5) is 79.2. The number of carbonyl (C=O) groups is 6. The van der Waals surface area contributed by atoms with Crippen LogP contribution in [0.5, 0.6) is 11.5 Å². The first kappa shape index (κ1) is 31.4. The average Bonchev–Trinajstić information content (AvgIpc) is 3.12. The summed E-state index contributed by atoms with van der Waals surface area (Å²) in [6.45, 7) is 0.178. The van der Waals surface area contributed by atoms with Crippen molar-refractivity contribution in [3.8, 4) is 11.5 Å². The van der Waals surface area contributed by atoms with Crippen molar-refractivity contribution < 1.29 is 43.4 Å². The molecule has 2 aromatic carbocycles. The Morgan fingerprint density at radius 1 is 1.05 bits per heavy atom. The van der Waals surface area contributed by atoms with Crippen LogP contribution >= 0.6 is 0 Å². The highest BCUT2D eigenvalue weighted by atomic mass is 16.5. The first-order valence-electron chi connectivity index (χ1n) is 14.0. The van der Waals surface area contributed by atoms with Gasteiger partial charge < -0.3 is 25.8 Å². The summed E-state index contributed by atoms with van der Waals surface area (Å²) in [6, 6.07) is 11.4. The molecule has 0 spiro atoms. The van der Waals surface area contributed by atoms with Gasteiger partial charge in [-0.1, -0.05) is 18.2 Å². The van der Waals surface area contributed by atoms with E-state index in [1.54, 1.807) is 36.4 Å². The third kappa shape index (κ3) is 8.04. The Morgan fingerprint density at radius 2 is 1.75 bits per heavy atom. The van der Waals surface area contributed by atoms with Crippen LogP contribution < -0.4 is 20.7 Å². The lowest BCUT2D eigenvalue weighted by atomic mass is 10.0. The smallest absolute Gasteiger partial charge is 0.374 e. The normalized spacial score (nSPS) is 18.5. The van der Waals surface area contributed by atoms with E-state index < -0.39 is 60.1 Å². The van der Waals surface area contributed by atoms with Crippen molar-refractivity contribution in [2.75, 3.05) is 11.9 Å². The van der Waals surface area contributed by atoms with E-state index in [-0.39, 0.29) is 32.2 Å². The number of nitrogens with one attached hydrogen (secondary N) is 4. The number of hydrazine groups is 1. The molecule has 2 aliphatic rings. The zero-order valence-corrected chi connectivity index (χ0v) is 23.6. The maximum atomic E-state index is 13.7. The van der Waals surface area contributed by atoms with E-state index in [2.05, 4.69) is 20.7 Å². The quantitative estimate of drug-likeness (QED) is 0.144. The molecule has 0 radical (unpaired) electrons. The van der Waals surface area contributed by atoms with Crippen molar-refractivity contribution >= 4 is 47.4 Å². The summed E-state index contributed by atoms with van der Waals surface area (Å²) >= 11 is 0. The predicted octanol–water partition coefficient (Wildman–Crippen LogP) is 1.73. The Kier molecular flexibility index (Phi) is 10.4. The SMILES string of the molecule is N=[N+]=CC(=O)[C@H](CCC(=O)O)NC(=O)[C@@H]1CCCN2C(=O)CC[C@H](NC(=O)Nc3ccc(Oc4ccccc4)cc3)C(=O)N12. The minimum absolute atomic E-state index is 0.00400. The van der Waals surface area contributed by atoms with Crippen LogP contribution in [0, 0.1) is 5.53 Å². The van der Waals surface area contributed by atoms with Crippen LogP contribution in [0.15, 0.2) is 54.6 Å². The van der Waals surface area contributed by atoms with E-state index in [9.17, 15) is 28.8 Å². The molecular formula is C29H32N7O8+. The van der Waals surface area contributed by atoms with Crippen molar-refractivity contribution in [2.24, 2.45) is 0 Å². The Hall–Kier alpha value is -5.56. The molecular weight excluding hydrogens is 574 g/mol. The second kappa shape index (κ2) is 14.6. The number of benzene rings is 2. The van der Waals surface area contributed by atoms with Gasteiger partial charge in [0.2, 0.25) is 11.8 Å². The van der Waals surface area contributed by atoms with E-state index in [0.29, 0.717) is 29.8 Å². The van der Waals surface area contributed by atoms with Gasteiger partial charge in [0.1, 0.15) is 23.6 Å². The maximum absolute atomic E-state index is 13.7. The molecule has 15 heteroatoms. The minimum atomic E-state index is -1.30. The number of carbonyl (C=O) groups excluding carboxylic acids is 5. The Labute approximate surface area is 251 Å². The number of carboxylic acid groups (broad SMARTS) is 1. The first-order valence-corrected chi connectivity index (χ1v) is 14.0. The van der Waals surface area contributed by atoms with E-state index >= 15 is 0 Å². The summed E-state index contributed by atoms with van der Waals surface area (Å²) in [5, 5.41) is 18.9. The molecule has 3 atom stereocenters. The molecule has 15 nitrogen and oxygen atoms in total. The fraction of sp³-hybridized carbons (Fsp3) is 0.345. The summed E-state index contributed by atoms with van der Waals surface area (Å²) in [6.07, 6.45) is 0.428. The van der Waals surface area contributed by atoms with Gasteiger partial charge in [0.15, 0.2) is 0 Å². The number of carboxylic acids is 1. The number of para-hydroxylation sites is 1. The van der Waals surface area contributed by atoms with Gasteiger partial charge in [-0.25, -0.2) is 9.80 Å². The third-order valence-electron chi connectivity index (χ3n) is 7.06. The lowest BCUT2D eigenvalue weighted by Gasteiger charge is -2.43. The lowest BCUT2D eigenvalue weighted by molar-refractivity contribution is -0.176. The highest BCUT2D eigenvalue weighted by Crippen LogP contribution is 2.26. The molecule has 0 aliphatic carbocycles. The van der Waals surface area contributed by atoms with Crippen molar-refractivity contribution in [1.82, 2.24) is 20.7 Å². The zero-order chi connectivity index (χ0) is 31.6. The molecule has 0 aromatic heterocycles. The summed E-state index contributed by atoms with van der Waals surface area (Å²) in [5.74, 6) is -2.64. The number of aliphatic carboxylic acids is 1. The number of amides is 5.